The van der Waals surface area contributed by atoms with Crippen LogP contribution in [0.5, 0.6) is 0 Å². The predicted octanol–water partition coefficient (Wildman–Crippen LogP) is 2.72. The number of aryl methyl sites for hydroxylation is 1. The number of carbonyl (C=O) groups is 3. The van der Waals surface area contributed by atoms with Gasteiger partial charge in [-0.2, -0.15) is 0 Å². The van der Waals surface area contributed by atoms with E-state index in [0.717, 1.165) is 5.52 Å². The molecule has 2 amide bonds. The zero-order chi connectivity index (χ0) is 19.8. The molecule has 3 aromatic rings. The molecule has 2 heterocycles. The van der Waals surface area contributed by atoms with Crippen molar-refractivity contribution in [1.29, 1.82) is 0 Å². The zero-order valence-corrected chi connectivity index (χ0v) is 15.2. The Morgan fingerprint density at radius 1 is 1.18 bits per heavy atom. The summed E-state index contributed by atoms with van der Waals surface area (Å²) in [5, 5.41) is 3.33. The Kier molecular flexibility index (Phi) is 4.43. The van der Waals surface area contributed by atoms with Gasteiger partial charge in [-0.25, -0.2) is 4.39 Å². The minimum absolute atomic E-state index is 0.0579. The summed E-state index contributed by atoms with van der Waals surface area (Å²) < 4.78 is 13.4. The van der Waals surface area contributed by atoms with Crippen LogP contribution in [0.2, 0.25) is 0 Å². The molecule has 1 fully saturated rings. The molecule has 0 saturated carbocycles. The first-order valence-corrected chi connectivity index (χ1v) is 8.92. The average Bonchev–Trinajstić information content (AvgIpc) is 3.19. The summed E-state index contributed by atoms with van der Waals surface area (Å²) in [6.07, 6.45) is 0.0579. The summed E-state index contributed by atoms with van der Waals surface area (Å²) in [7, 11) is 0. The summed E-state index contributed by atoms with van der Waals surface area (Å²) in [6.45, 7) is 1.93. The number of aromatic amines is 1. The van der Waals surface area contributed by atoms with Gasteiger partial charge in [0.05, 0.1) is 11.6 Å². The van der Waals surface area contributed by atoms with Crippen molar-refractivity contribution in [2.24, 2.45) is 0 Å². The fourth-order valence-electron chi connectivity index (χ4n) is 3.63. The van der Waals surface area contributed by atoms with Gasteiger partial charge in [-0.05, 0) is 31.2 Å². The van der Waals surface area contributed by atoms with E-state index in [0.29, 0.717) is 22.3 Å². The number of para-hydroxylation sites is 1. The van der Waals surface area contributed by atoms with Crippen molar-refractivity contribution in [2.45, 2.75) is 19.4 Å². The van der Waals surface area contributed by atoms with Gasteiger partial charge in [0.25, 0.3) is 11.7 Å². The van der Waals surface area contributed by atoms with Crippen LogP contribution in [0.15, 0.2) is 48.5 Å². The number of Topliss-reactive ketones (excluding diaryl/α,β-unsaturated/α-hetero) is 1. The van der Waals surface area contributed by atoms with Gasteiger partial charge in [0.1, 0.15) is 5.82 Å². The smallest absolute Gasteiger partial charge is 0.292 e. The molecule has 4 rings (SSSR count). The largest absolute Gasteiger partial charge is 0.358 e. The van der Waals surface area contributed by atoms with E-state index in [-0.39, 0.29) is 18.9 Å². The van der Waals surface area contributed by atoms with Crippen LogP contribution in [0.25, 0.3) is 10.9 Å². The number of nitrogens with one attached hydrogen (secondary N) is 2. The van der Waals surface area contributed by atoms with Crippen molar-refractivity contribution in [3.05, 3.63) is 65.6 Å². The van der Waals surface area contributed by atoms with E-state index in [1.807, 2.05) is 12.1 Å². The maximum absolute atomic E-state index is 13.4. The van der Waals surface area contributed by atoms with Crippen LogP contribution in [0.4, 0.5) is 10.1 Å². The molecule has 0 aliphatic carbocycles. The molecule has 6 nitrogen and oxygen atoms in total. The quantitative estimate of drug-likeness (QED) is 0.540. The summed E-state index contributed by atoms with van der Waals surface area (Å²) in [5.41, 5.74) is 2.16. The first-order chi connectivity index (χ1) is 13.4. The highest BCUT2D eigenvalue weighted by Gasteiger charge is 2.33. The monoisotopic (exact) mass is 379 g/mol. The van der Waals surface area contributed by atoms with E-state index < -0.39 is 23.5 Å². The van der Waals surface area contributed by atoms with E-state index in [1.165, 1.54) is 23.1 Å². The molecule has 2 aromatic carbocycles. The second-order valence-electron chi connectivity index (χ2n) is 6.86. The van der Waals surface area contributed by atoms with Gasteiger partial charge >= 0.3 is 0 Å². The molecule has 28 heavy (non-hydrogen) atoms. The van der Waals surface area contributed by atoms with Crippen LogP contribution >= 0.6 is 0 Å². The molecule has 1 aliphatic rings. The first kappa shape index (κ1) is 17.9. The van der Waals surface area contributed by atoms with Crippen LogP contribution < -0.4 is 10.2 Å². The highest BCUT2D eigenvalue weighted by atomic mass is 19.1. The minimum Gasteiger partial charge on any atom is -0.358 e. The van der Waals surface area contributed by atoms with Gasteiger partial charge in [0.15, 0.2) is 0 Å². The summed E-state index contributed by atoms with van der Waals surface area (Å²) in [4.78, 5) is 42.0. The molecular formula is C21H18FN3O3. The summed E-state index contributed by atoms with van der Waals surface area (Å²) in [5.74, 6) is -2.08. The number of fused-ring (bicyclic) bond motifs is 1. The Morgan fingerprint density at radius 2 is 1.96 bits per heavy atom. The van der Waals surface area contributed by atoms with Crippen LogP contribution in [0.1, 0.15) is 22.5 Å². The molecule has 0 spiro atoms. The Morgan fingerprint density at radius 3 is 2.75 bits per heavy atom. The first-order valence-electron chi connectivity index (χ1n) is 8.92. The lowest BCUT2D eigenvalue weighted by molar-refractivity contribution is -0.118. The van der Waals surface area contributed by atoms with Crippen LogP contribution in [-0.2, 0) is 9.59 Å². The van der Waals surface area contributed by atoms with Gasteiger partial charge < -0.3 is 15.2 Å². The number of halogens is 1. The van der Waals surface area contributed by atoms with Crippen LogP contribution in [0, 0.1) is 12.7 Å². The van der Waals surface area contributed by atoms with E-state index in [1.54, 1.807) is 25.1 Å². The molecule has 1 aromatic heterocycles. The number of hydrogen-bond acceptors (Lipinski definition) is 3. The molecule has 1 atom stereocenters. The van der Waals surface area contributed by atoms with Gasteiger partial charge in [0.2, 0.25) is 5.91 Å². The number of anilines is 1. The Balaban J connectivity index is 1.50. The van der Waals surface area contributed by atoms with E-state index >= 15 is 0 Å². The fraction of sp³-hybridized carbons (Fsp3) is 0.190. The molecule has 0 unspecified atom stereocenters. The SMILES string of the molecule is Cc1[nH]c2ccccc2c1C(=O)C(=O)N[C@H]1CC(=O)N(c2cccc(F)c2)C1. The number of amides is 2. The number of ketones is 1. The average molecular weight is 379 g/mol. The number of H-pyrrole nitrogens is 1. The summed E-state index contributed by atoms with van der Waals surface area (Å²) in [6, 6.07) is 12.5. The lowest BCUT2D eigenvalue weighted by atomic mass is 10.1. The van der Waals surface area contributed by atoms with Gasteiger partial charge in [-0.15, -0.1) is 0 Å². The van der Waals surface area contributed by atoms with Gasteiger partial charge in [0, 0.05) is 35.2 Å². The summed E-state index contributed by atoms with van der Waals surface area (Å²) >= 11 is 0. The molecule has 0 radical (unpaired) electrons. The molecule has 2 N–H and O–H groups in total. The number of aromatic nitrogens is 1. The predicted molar refractivity (Wildman–Crippen MR) is 103 cm³/mol. The zero-order valence-electron chi connectivity index (χ0n) is 15.2. The minimum atomic E-state index is -0.758. The van der Waals surface area contributed by atoms with Crippen molar-refractivity contribution in [2.75, 3.05) is 11.4 Å². The Labute approximate surface area is 160 Å². The third-order valence-electron chi connectivity index (χ3n) is 4.91. The highest BCUT2D eigenvalue weighted by Crippen LogP contribution is 2.24. The topological polar surface area (TPSA) is 82.3 Å². The second-order valence-corrected chi connectivity index (χ2v) is 6.86. The molecule has 1 aliphatic heterocycles. The number of nitrogens with zero attached hydrogens (tertiary/aromatic N) is 1. The molecular weight excluding hydrogens is 361 g/mol. The normalized spacial score (nSPS) is 16.6. The molecule has 7 heteroatoms. The third-order valence-corrected chi connectivity index (χ3v) is 4.91. The Hall–Kier alpha value is -3.48. The third kappa shape index (κ3) is 3.15. The Bertz CT molecular complexity index is 1110. The second kappa shape index (κ2) is 6.92. The van der Waals surface area contributed by atoms with Crippen molar-refractivity contribution in [3.8, 4) is 0 Å². The highest BCUT2D eigenvalue weighted by molar-refractivity contribution is 6.45. The number of carbonyl (C=O) groups excluding carboxylic acids is 3. The lowest BCUT2D eigenvalue weighted by Gasteiger charge is -2.17. The number of benzene rings is 2. The van der Waals surface area contributed by atoms with Crippen molar-refractivity contribution in [3.63, 3.8) is 0 Å². The van der Waals surface area contributed by atoms with Crippen LogP contribution in [0.3, 0.4) is 0 Å². The van der Waals surface area contributed by atoms with Gasteiger partial charge in [-0.1, -0.05) is 24.3 Å². The molecule has 1 saturated heterocycles. The fourth-order valence-corrected chi connectivity index (χ4v) is 3.63. The maximum Gasteiger partial charge on any atom is 0.292 e. The molecule has 0 bridgehead atoms. The van der Waals surface area contributed by atoms with E-state index in [9.17, 15) is 18.8 Å². The number of rotatable bonds is 4. The van der Waals surface area contributed by atoms with Crippen molar-refractivity contribution >= 4 is 34.2 Å². The standard InChI is InChI=1S/C21H18FN3O3/c1-12-19(16-7-2-3-8-17(16)23-12)20(27)21(28)24-14-10-18(26)25(11-14)15-6-4-5-13(22)9-15/h2-9,14,23H,10-11H2,1H3,(H,24,28)/t14-/m0/s1. The van der Waals surface area contributed by atoms with E-state index in [2.05, 4.69) is 10.3 Å². The lowest BCUT2D eigenvalue weighted by Crippen LogP contribution is -2.41. The number of hydrogen-bond donors (Lipinski definition) is 2. The van der Waals surface area contributed by atoms with E-state index in [4.69, 9.17) is 0 Å². The van der Waals surface area contributed by atoms with Gasteiger partial charge in [-0.3, -0.25) is 14.4 Å². The van der Waals surface area contributed by atoms with Crippen molar-refractivity contribution in [1.82, 2.24) is 10.3 Å². The van der Waals surface area contributed by atoms with Crippen molar-refractivity contribution < 1.29 is 18.8 Å². The maximum atomic E-state index is 13.4. The molecule has 142 valence electrons. The van der Waals surface area contributed by atoms with Crippen LogP contribution in [-0.4, -0.2) is 35.2 Å².